The molecular formula is C17H29N3. The van der Waals surface area contributed by atoms with Crippen molar-refractivity contribution in [3.63, 3.8) is 0 Å². The van der Waals surface area contributed by atoms with Crippen LogP contribution in [0.2, 0.25) is 0 Å². The Morgan fingerprint density at radius 3 is 2.65 bits per heavy atom. The molecule has 0 radical (unpaired) electrons. The minimum absolute atomic E-state index is 0.199. The Hall–Kier alpha value is -0.930. The maximum atomic E-state index is 6.49. The molecule has 1 aliphatic rings. The lowest BCUT2D eigenvalue weighted by atomic mass is 9.94. The normalized spacial score (nSPS) is 24.1. The summed E-state index contributed by atoms with van der Waals surface area (Å²) in [5, 5.41) is 0. The summed E-state index contributed by atoms with van der Waals surface area (Å²) in [6, 6.07) is 5.49. The summed E-state index contributed by atoms with van der Waals surface area (Å²) >= 11 is 0. The predicted molar refractivity (Wildman–Crippen MR) is 84.5 cm³/mol. The van der Waals surface area contributed by atoms with Crippen LogP contribution in [-0.4, -0.2) is 28.5 Å². The molecule has 20 heavy (non-hydrogen) atoms. The van der Waals surface area contributed by atoms with Crippen molar-refractivity contribution in [3.8, 4) is 0 Å². The van der Waals surface area contributed by atoms with Crippen molar-refractivity contribution in [3.05, 3.63) is 30.1 Å². The molecule has 0 aromatic carbocycles. The van der Waals surface area contributed by atoms with E-state index in [0.717, 1.165) is 6.42 Å². The summed E-state index contributed by atoms with van der Waals surface area (Å²) in [5.41, 5.74) is 7.81. The maximum absolute atomic E-state index is 6.49. The van der Waals surface area contributed by atoms with Gasteiger partial charge in [0.1, 0.15) is 0 Å². The van der Waals surface area contributed by atoms with Gasteiger partial charge in [-0.15, -0.1) is 0 Å². The SMILES string of the molecule is CCC(N)C(c1ccncc1)N1CCCCCC1CC. The van der Waals surface area contributed by atoms with Gasteiger partial charge in [-0.3, -0.25) is 9.88 Å². The van der Waals surface area contributed by atoms with Crippen LogP contribution in [-0.2, 0) is 0 Å². The fraction of sp³-hybridized carbons (Fsp3) is 0.706. The summed E-state index contributed by atoms with van der Waals surface area (Å²) < 4.78 is 0. The van der Waals surface area contributed by atoms with Gasteiger partial charge in [0.15, 0.2) is 0 Å². The second-order valence-corrected chi connectivity index (χ2v) is 5.95. The number of rotatable bonds is 5. The highest BCUT2D eigenvalue weighted by Crippen LogP contribution is 2.31. The van der Waals surface area contributed by atoms with Crippen LogP contribution in [0, 0.1) is 0 Å². The number of hydrogen-bond acceptors (Lipinski definition) is 3. The molecule has 0 bridgehead atoms. The molecule has 0 amide bonds. The van der Waals surface area contributed by atoms with E-state index in [1.54, 1.807) is 0 Å². The van der Waals surface area contributed by atoms with Crippen LogP contribution >= 0.6 is 0 Å². The van der Waals surface area contributed by atoms with Crippen molar-refractivity contribution < 1.29 is 0 Å². The fourth-order valence-electron chi connectivity index (χ4n) is 3.47. The van der Waals surface area contributed by atoms with Crippen LogP contribution in [0.3, 0.4) is 0 Å². The van der Waals surface area contributed by atoms with Gasteiger partial charge in [-0.05, 0) is 49.9 Å². The third kappa shape index (κ3) is 3.58. The number of likely N-dealkylation sites (tertiary alicyclic amines) is 1. The molecule has 1 fully saturated rings. The van der Waals surface area contributed by atoms with Gasteiger partial charge in [-0.1, -0.05) is 26.7 Å². The molecule has 2 rings (SSSR count). The smallest absolute Gasteiger partial charge is 0.0503 e. The highest BCUT2D eigenvalue weighted by molar-refractivity contribution is 5.18. The van der Waals surface area contributed by atoms with Crippen LogP contribution in [0.4, 0.5) is 0 Å². The number of pyridine rings is 1. The third-order valence-electron chi connectivity index (χ3n) is 4.68. The topological polar surface area (TPSA) is 42.1 Å². The number of nitrogens with two attached hydrogens (primary N) is 1. The van der Waals surface area contributed by atoms with E-state index in [4.69, 9.17) is 5.73 Å². The van der Waals surface area contributed by atoms with Crippen molar-refractivity contribution in [2.45, 2.75) is 70.5 Å². The summed E-state index contributed by atoms with van der Waals surface area (Å²) in [6.45, 7) is 5.68. The Kier molecular flexibility index (Phi) is 5.99. The monoisotopic (exact) mass is 275 g/mol. The molecule has 3 nitrogen and oxygen atoms in total. The largest absolute Gasteiger partial charge is 0.326 e. The molecule has 3 atom stereocenters. The van der Waals surface area contributed by atoms with E-state index in [1.165, 1.54) is 44.2 Å². The highest BCUT2D eigenvalue weighted by atomic mass is 15.2. The maximum Gasteiger partial charge on any atom is 0.0503 e. The molecule has 3 unspecified atom stereocenters. The first-order valence-electron chi connectivity index (χ1n) is 8.19. The molecule has 1 aromatic rings. The second kappa shape index (κ2) is 7.75. The van der Waals surface area contributed by atoms with Crippen molar-refractivity contribution in [1.29, 1.82) is 0 Å². The Labute approximate surface area is 123 Å². The van der Waals surface area contributed by atoms with Gasteiger partial charge >= 0.3 is 0 Å². The minimum atomic E-state index is 0.199. The van der Waals surface area contributed by atoms with E-state index < -0.39 is 0 Å². The summed E-state index contributed by atoms with van der Waals surface area (Å²) in [5.74, 6) is 0. The Balaban J connectivity index is 2.29. The molecule has 0 saturated carbocycles. The predicted octanol–water partition coefficient (Wildman–Crippen LogP) is 3.51. The highest BCUT2D eigenvalue weighted by Gasteiger charge is 2.31. The van der Waals surface area contributed by atoms with E-state index >= 15 is 0 Å². The van der Waals surface area contributed by atoms with Gasteiger partial charge in [0, 0.05) is 24.5 Å². The molecule has 2 N–H and O–H groups in total. The zero-order valence-corrected chi connectivity index (χ0v) is 13.0. The van der Waals surface area contributed by atoms with Gasteiger partial charge < -0.3 is 5.73 Å². The molecule has 1 aliphatic heterocycles. The molecule has 1 aromatic heterocycles. The van der Waals surface area contributed by atoms with Gasteiger partial charge in [0.05, 0.1) is 6.04 Å². The number of hydrogen-bond donors (Lipinski definition) is 1. The van der Waals surface area contributed by atoms with E-state index in [0.29, 0.717) is 12.1 Å². The molecule has 1 saturated heterocycles. The van der Waals surface area contributed by atoms with Crippen molar-refractivity contribution in [2.75, 3.05) is 6.54 Å². The van der Waals surface area contributed by atoms with Crippen LogP contribution in [0.15, 0.2) is 24.5 Å². The number of aromatic nitrogens is 1. The Morgan fingerprint density at radius 2 is 2.00 bits per heavy atom. The first-order chi connectivity index (χ1) is 9.77. The van der Waals surface area contributed by atoms with Gasteiger partial charge in [-0.25, -0.2) is 0 Å². The Morgan fingerprint density at radius 1 is 1.25 bits per heavy atom. The first-order valence-corrected chi connectivity index (χ1v) is 8.19. The van der Waals surface area contributed by atoms with Crippen LogP contribution in [0.25, 0.3) is 0 Å². The lowest BCUT2D eigenvalue weighted by Crippen LogP contribution is -2.45. The van der Waals surface area contributed by atoms with E-state index in [-0.39, 0.29) is 6.04 Å². The van der Waals surface area contributed by atoms with Crippen LogP contribution in [0.1, 0.15) is 64.0 Å². The summed E-state index contributed by atoms with van der Waals surface area (Å²) in [4.78, 5) is 6.83. The van der Waals surface area contributed by atoms with Crippen molar-refractivity contribution in [2.24, 2.45) is 5.73 Å². The van der Waals surface area contributed by atoms with E-state index in [9.17, 15) is 0 Å². The molecule has 2 heterocycles. The summed E-state index contributed by atoms with van der Waals surface area (Å²) in [7, 11) is 0. The quantitative estimate of drug-likeness (QED) is 0.894. The molecule has 0 aliphatic carbocycles. The van der Waals surface area contributed by atoms with Gasteiger partial charge in [0.25, 0.3) is 0 Å². The van der Waals surface area contributed by atoms with Gasteiger partial charge in [-0.2, -0.15) is 0 Å². The average molecular weight is 275 g/mol. The lowest BCUT2D eigenvalue weighted by Gasteiger charge is -2.40. The van der Waals surface area contributed by atoms with Crippen LogP contribution < -0.4 is 5.73 Å². The van der Waals surface area contributed by atoms with Crippen LogP contribution in [0.5, 0.6) is 0 Å². The zero-order chi connectivity index (χ0) is 14.4. The average Bonchev–Trinajstić information content (AvgIpc) is 2.74. The Bertz CT molecular complexity index is 379. The summed E-state index contributed by atoms with van der Waals surface area (Å²) in [6.07, 6.45) is 11.4. The zero-order valence-electron chi connectivity index (χ0n) is 13.0. The minimum Gasteiger partial charge on any atom is -0.326 e. The van der Waals surface area contributed by atoms with Gasteiger partial charge in [0.2, 0.25) is 0 Å². The molecular weight excluding hydrogens is 246 g/mol. The standard InChI is InChI=1S/C17H29N3/c1-3-15-8-6-5-7-13-20(15)17(16(18)4-2)14-9-11-19-12-10-14/h9-12,15-17H,3-8,13,18H2,1-2H3. The first kappa shape index (κ1) is 15.5. The molecule has 112 valence electrons. The van der Waals surface area contributed by atoms with E-state index in [1.807, 2.05) is 12.4 Å². The van der Waals surface area contributed by atoms with E-state index in [2.05, 4.69) is 35.9 Å². The number of nitrogens with zero attached hydrogens (tertiary/aromatic N) is 2. The van der Waals surface area contributed by atoms with Crippen molar-refractivity contribution in [1.82, 2.24) is 9.88 Å². The second-order valence-electron chi connectivity index (χ2n) is 5.95. The van der Waals surface area contributed by atoms with Crippen molar-refractivity contribution >= 4 is 0 Å². The molecule has 0 spiro atoms. The molecule has 3 heteroatoms. The lowest BCUT2D eigenvalue weighted by molar-refractivity contribution is 0.112. The fourth-order valence-corrected chi connectivity index (χ4v) is 3.47. The third-order valence-corrected chi connectivity index (χ3v) is 4.68.